The average molecular weight is 354 g/mol. The highest BCUT2D eigenvalue weighted by Crippen LogP contribution is 2.26. The minimum Gasteiger partial charge on any atom is -0.342 e. The molecule has 0 aliphatic heterocycles. The summed E-state index contributed by atoms with van der Waals surface area (Å²) in [7, 11) is 0. The van der Waals surface area contributed by atoms with E-state index in [2.05, 4.69) is 9.97 Å². The van der Waals surface area contributed by atoms with Crippen LogP contribution in [-0.4, -0.2) is 39.1 Å². The Bertz CT molecular complexity index is 763. The molecule has 7 heteroatoms. The van der Waals surface area contributed by atoms with E-state index < -0.39 is 0 Å². The highest BCUT2D eigenvalue weighted by atomic mass is 32.2. The van der Waals surface area contributed by atoms with E-state index in [0.717, 1.165) is 28.4 Å². The molecule has 2 rings (SSSR count). The number of rotatable bonds is 6. The number of H-pyrrole nitrogens is 1. The molecule has 23 heavy (non-hydrogen) atoms. The van der Waals surface area contributed by atoms with Crippen molar-refractivity contribution in [2.75, 3.05) is 13.1 Å². The summed E-state index contributed by atoms with van der Waals surface area (Å²) in [6, 6.07) is 0. The Morgan fingerprint density at radius 2 is 2.00 bits per heavy atom. The Morgan fingerprint density at radius 1 is 1.35 bits per heavy atom. The van der Waals surface area contributed by atoms with Gasteiger partial charge >= 0.3 is 0 Å². The molecule has 0 fully saturated rings. The molecule has 0 aliphatic rings. The fraction of sp³-hybridized carbons (Fsp3) is 0.562. The molecule has 1 amide bonds. The number of thioether (sulfide) groups is 1. The molecule has 0 bridgehead atoms. The van der Waals surface area contributed by atoms with Crippen molar-refractivity contribution >= 4 is 39.2 Å². The molecule has 0 saturated heterocycles. The fourth-order valence-electron chi connectivity index (χ4n) is 2.44. The molecular weight excluding hydrogens is 330 g/mol. The van der Waals surface area contributed by atoms with Gasteiger partial charge < -0.3 is 9.88 Å². The van der Waals surface area contributed by atoms with E-state index in [1.54, 1.807) is 11.3 Å². The van der Waals surface area contributed by atoms with Gasteiger partial charge in [-0.3, -0.25) is 9.59 Å². The first-order chi connectivity index (χ1) is 10.9. The lowest BCUT2D eigenvalue weighted by Gasteiger charge is -2.22. The van der Waals surface area contributed by atoms with E-state index in [0.29, 0.717) is 17.0 Å². The first-order valence-electron chi connectivity index (χ1n) is 7.78. The molecule has 0 aliphatic carbocycles. The lowest BCUT2D eigenvalue weighted by molar-refractivity contribution is -0.129. The van der Waals surface area contributed by atoms with Crippen LogP contribution in [0.2, 0.25) is 0 Å². The Kier molecular flexibility index (Phi) is 5.86. The maximum Gasteiger partial charge on any atom is 0.259 e. The number of nitrogens with one attached hydrogen (secondary N) is 1. The Labute approximate surface area is 144 Å². The fourth-order valence-corrected chi connectivity index (χ4v) is 4.32. The van der Waals surface area contributed by atoms with E-state index in [-0.39, 0.29) is 16.7 Å². The monoisotopic (exact) mass is 353 g/mol. The molecule has 2 aromatic rings. The largest absolute Gasteiger partial charge is 0.342 e. The Balaban J connectivity index is 2.14. The molecule has 1 N–H and O–H groups in total. The number of nitrogens with zero attached hydrogens (tertiary/aromatic N) is 2. The van der Waals surface area contributed by atoms with Gasteiger partial charge in [0.25, 0.3) is 5.56 Å². The molecule has 5 nitrogen and oxygen atoms in total. The lowest BCUT2D eigenvalue weighted by atomic mass is 10.2. The van der Waals surface area contributed by atoms with Crippen LogP contribution >= 0.6 is 23.1 Å². The highest BCUT2D eigenvalue weighted by molar-refractivity contribution is 7.99. The van der Waals surface area contributed by atoms with E-state index in [1.165, 1.54) is 11.8 Å². The number of hydrogen-bond donors (Lipinski definition) is 1. The van der Waals surface area contributed by atoms with Crippen LogP contribution in [0, 0.1) is 13.8 Å². The quantitative estimate of drug-likeness (QED) is 0.867. The van der Waals surface area contributed by atoms with Crippen molar-refractivity contribution in [3.8, 4) is 0 Å². The first-order valence-corrected chi connectivity index (χ1v) is 9.64. The van der Waals surface area contributed by atoms with Gasteiger partial charge in [0.2, 0.25) is 5.91 Å². The molecule has 0 spiro atoms. The Morgan fingerprint density at radius 3 is 2.61 bits per heavy atom. The van der Waals surface area contributed by atoms with Crippen molar-refractivity contribution in [1.29, 1.82) is 0 Å². The predicted octanol–water partition coefficient (Wildman–Crippen LogP) is 3.09. The van der Waals surface area contributed by atoms with E-state index >= 15 is 0 Å². The van der Waals surface area contributed by atoms with Crippen molar-refractivity contribution in [1.82, 2.24) is 14.9 Å². The molecule has 2 aromatic heterocycles. The van der Waals surface area contributed by atoms with Crippen LogP contribution < -0.4 is 5.56 Å². The number of hydrogen-bond acceptors (Lipinski definition) is 5. The van der Waals surface area contributed by atoms with Crippen LogP contribution in [0.15, 0.2) is 4.79 Å². The van der Waals surface area contributed by atoms with Gasteiger partial charge in [-0.2, -0.15) is 0 Å². The van der Waals surface area contributed by atoms with Crippen LogP contribution in [0.4, 0.5) is 0 Å². The van der Waals surface area contributed by atoms with Crippen molar-refractivity contribution in [3.63, 3.8) is 0 Å². The zero-order valence-corrected chi connectivity index (χ0v) is 15.9. The zero-order chi connectivity index (χ0) is 17.1. The third-order valence-corrected chi connectivity index (χ3v) is 6.22. The molecule has 0 aromatic carbocycles. The molecule has 126 valence electrons. The number of carbonyl (C=O) groups is 1. The van der Waals surface area contributed by atoms with Gasteiger partial charge in [-0.15, -0.1) is 23.1 Å². The van der Waals surface area contributed by atoms with Gasteiger partial charge in [0.1, 0.15) is 10.7 Å². The summed E-state index contributed by atoms with van der Waals surface area (Å²) >= 11 is 3.05. The number of carbonyl (C=O) groups excluding carboxylic acids is 1. The summed E-state index contributed by atoms with van der Waals surface area (Å²) in [6.07, 6.45) is 0. The summed E-state index contributed by atoms with van der Waals surface area (Å²) in [6.45, 7) is 11.2. The van der Waals surface area contributed by atoms with Gasteiger partial charge in [0.15, 0.2) is 0 Å². The predicted molar refractivity (Wildman–Crippen MR) is 98.4 cm³/mol. The molecule has 1 atom stereocenters. The summed E-state index contributed by atoms with van der Waals surface area (Å²) in [5.74, 6) is 1.29. The molecule has 0 radical (unpaired) electrons. The molecule has 2 heterocycles. The van der Waals surface area contributed by atoms with E-state index in [4.69, 9.17) is 0 Å². The minimum absolute atomic E-state index is 0.0878. The van der Waals surface area contributed by atoms with Crippen molar-refractivity contribution in [2.24, 2.45) is 0 Å². The van der Waals surface area contributed by atoms with Crippen LogP contribution in [0.1, 0.15) is 37.0 Å². The maximum atomic E-state index is 12.3. The van der Waals surface area contributed by atoms with Gasteiger partial charge in [-0.05, 0) is 40.2 Å². The second-order valence-electron chi connectivity index (χ2n) is 5.44. The summed E-state index contributed by atoms with van der Waals surface area (Å²) < 4.78 is 0. The highest BCUT2D eigenvalue weighted by Gasteiger charge is 2.19. The number of aromatic nitrogens is 2. The van der Waals surface area contributed by atoms with E-state index in [1.807, 2.05) is 39.5 Å². The minimum atomic E-state index is -0.150. The molecule has 1 unspecified atom stereocenters. The zero-order valence-electron chi connectivity index (χ0n) is 14.2. The normalized spacial score (nSPS) is 12.6. The average Bonchev–Trinajstić information content (AvgIpc) is 2.81. The number of fused-ring (bicyclic) bond motifs is 1. The van der Waals surface area contributed by atoms with E-state index in [9.17, 15) is 9.59 Å². The number of amides is 1. The first kappa shape index (κ1) is 18.0. The summed E-state index contributed by atoms with van der Waals surface area (Å²) in [5.41, 5.74) is 0.915. The standard InChI is InChI=1S/C16H23N3O2S2/c1-6-19(7-2)16(21)11(5)22-8-12-17-14(20)13-9(3)10(4)23-15(13)18-12/h11H,6-8H2,1-5H3,(H,17,18,20). The van der Waals surface area contributed by atoms with Gasteiger partial charge in [0.05, 0.1) is 16.4 Å². The summed E-state index contributed by atoms with van der Waals surface area (Å²) in [4.78, 5) is 35.6. The van der Waals surface area contributed by atoms with Crippen LogP contribution in [-0.2, 0) is 10.5 Å². The topological polar surface area (TPSA) is 66.1 Å². The van der Waals surface area contributed by atoms with Gasteiger partial charge in [0, 0.05) is 18.0 Å². The second kappa shape index (κ2) is 7.49. The van der Waals surface area contributed by atoms with Crippen LogP contribution in [0.25, 0.3) is 10.2 Å². The Hall–Kier alpha value is -1.34. The third-order valence-electron chi connectivity index (χ3n) is 3.98. The third kappa shape index (κ3) is 3.77. The van der Waals surface area contributed by atoms with Crippen molar-refractivity contribution in [2.45, 2.75) is 45.6 Å². The number of aryl methyl sites for hydroxylation is 2. The maximum absolute atomic E-state index is 12.3. The summed E-state index contributed by atoms with van der Waals surface area (Å²) in [5, 5.41) is 0.538. The molecule has 0 saturated carbocycles. The van der Waals surface area contributed by atoms with Gasteiger partial charge in [-0.25, -0.2) is 4.98 Å². The van der Waals surface area contributed by atoms with Gasteiger partial charge in [-0.1, -0.05) is 0 Å². The SMILES string of the molecule is CCN(CC)C(=O)C(C)SCc1nc2sc(C)c(C)c2c(=O)[nH]1. The second-order valence-corrected chi connectivity index (χ2v) is 7.97. The molecular formula is C16H23N3O2S2. The lowest BCUT2D eigenvalue weighted by Crippen LogP contribution is -2.36. The smallest absolute Gasteiger partial charge is 0.259 e. The van der Waals surface area contributed by atoms with Crippen molar-refractivity contribution < 1.29 is 4.79 Å². The van der Waals surface area contributed by atoms with Crippen molar-refractivity contribution in [3.05, 3.63) is 26.6 Å². The van der Waals surface area contributed by atoms with Crippen LogP contribution in [0.3, 0.4) is 0 Å². The number of thiophene rings is 1. The van der Waals surface area contributed by atoms with Crippen LogP contribution in [0.5, 0.6) is 0 Å². The number of aromatic amines is 1.